The second-order valence-corrected chi connectivity index (χ2v) is 11.6. The van der Waals surface area contributed by atoms with Crippen LogP contribution < -0.4 is 9.73 Å². The Bertz CT molecular complexity index is 1620. The summed E-state index contributed by atoms with van der Waals surface area (Å²) in [7, 11) is -4.11. The lowest BCUT2D eigenvalue weighted by atomic mass is 10.2. The number of carbonyl (C=O) groups excluding carboxylic acids is 1. The summed E-state index contributed by atoms with van der Waals surface area (Å²) >= 11 is 18.2. The zero-order valence-electron chi connectivity index (χ0n) is 20.4. The molecule has 1 amide bonds. The first-order chi connectivity index (χ1) is 18.1. The van der Waals surface area contributed by atoms with Gasteiger partial charge in [0.1, 0.15) is 6.54 Å². The fraction of sp³-hybridized carbons (Fsp3) is 0.111. The fourth-order valence-electron chi connectivity index (χ4n) is 3.95. The lowest BCUT2D eigenvalue weighted by molar-refractivity contribution is -0.119. The molecule has 0 radical (unpaired) electrons. The minimum Gasteiger partial charge on any atom is -0.318 e. The van der Waals surface area contributed by atoms with Crippen LogP contribution in [0.1, 0.15) is 17.0 Å². The number of benzene rings is 3. The minimum atomic E-state index is -4.11. The number of sulfonamides is 1. The molecule has 0 fully saturated rings. The van der Waals surface area contributed by atoms with E-state index in [4.69, 9.17) is 34.8 Å². The Balaban J connectivity index is 1.56. The third-order valence-corrected chi connectivity index (χ3v) is 8.22. The number of halogens is 3. The fourth-order valence-corrected chi connectivity index (χ4v) is 5.86. The zero-order chi connectivity index (χ0) is 27.4. The molecule has 4 rings (SSSR count). The summed E-state index contributed by atoms with van der Waals surface area (Å²) in [6.07, 6.45) is 1.51. The van der Waals surface area contributed by atoms with E-state index in [1.54, 1.807) is 24.3 Å². The van der Waals surface area contributed by atoms with Crippen molar-refractivity contribution in [1.82, 2.24) is 9.99 Å². The van der Waals surface area contributed by atoms with E-state index in [-0.39, 0.29) is 10.6 Å². The van der Waals surface area contributed by atoms with Crippen molar-refractivity contribution in [3.05, 3.63) is 111 Å². The van der Waals surface area contributed by atoms with Gasteiger partial charge in [0.25, 0.3) is 15.9 Å². The third-order valence-electron chi connectivity index (χ3n) is 5.71. The number of carbonyl (C=O) groups is 1. The SMILES string of the molecule is Cc1cc(/C=N\NC(=O)CN(c2cccc(Cl)c2)S(=O)(=O)c2ccc(Cl)cc2)c(C)n1-c1cccc(Cl)c1. The van der Waals surface area contributed by atoms with E-state index in [0.29, 0.717) is 15.1 Å². The van der Waals surface area contributed by atoms with Crippen molar-refractivity contribution in [2.45, 2.75) is 18.7 Å². The van der Waals surface area contributed by atoms with E-state index >= 15 is 0 Å². The van der Waals surface area contributed by atoms with Crippen LogP contribution >= 0.6 is 34.8 Å². The molecule has 3 aromatic carbocycles. The van der Waals surface area contributed by atoms with Crippen LogP contribution in [0.5, 0.6) is 0 Å². The molecular formula is C27H23Cl3N4O3S. The lowest BCUT2D eigenvalue weighted by Crippen LogP contribution is -2.39. The molecule has 0 saturated carbocycles. The van der Waals surface area contributed by atoms with E-state index in [0.717, 1.165) is 26.9 Å². The minimum absolute atomic E-state index is 0.0216. The van der Waals surface area contributed by atoms with Gasteiger partial charge in [-0.05, 0) is 80.6 Å². The topological polar surface area (TPSA) is 83.8 Å². The number of hydrogen-bond donors (Lipinski definition) is 1. The van der Waals surface area contributed by atoms with Crippen LogP contribution in [-0.4, -0.2) is 31.7 Å². The van der Waals surface area contributed by atoms with Crippen LogP contribution in [0, 0.1) is 13.8 Å². The summed E-state index contributed by atoms with van der Waals surface area (Å²) in [5.41, 5.74) is 6.19. The summed E-state index contributed by atoms with van der Waals surface area (Å²) in [6.45, 7) is 3.36. The Morgan fingerprint density at radius 2 is 1.58 bits per heavy atom. The predicted molar refractivity (Wildman–Crippen MR) is 153 cm³/mol. The van der Waals surface area contributed by atoms with Gasteiger partial charge in [0.05, 0.1) is 16.8 Å². The van der Waals surface area contributed by atoms with Gasteiger partial charge in [-0.3, -0.25) is 9.10 Å². The number of nitrogens with zero attached hydrogens (tertiary/aromatic N) is 3. The molecule has 0 atom stereocenters. The van der Waals surface area contributed by atoms with Gasteiger partial charge >= 0.3 is 0 Å². The molecule has 11 heteroatoms. The van der Waals surface area contributed by atoms with Gasteiger partial charge in [0, 0.05) is 37.7 Å². The number of aromatic nitrogens is 1. The Kier molecular flexibility index (Phi) is 8.47. The number of hydrazone groups is 1. The van der Waals surface area contributed by atoms with Crippen molar-refractivity contribution in [1.29, 1.82) is 0 Å². The highest BCUT2D eigenvalue weighted by Gasteiger charge is 2.27. The number of aryl methyl sites for hydroxylation is 1. The Labute approximate surface area is 236 Å². The molecule has 7 nitrogen and oxygen atoms in total. The van der Waals surface area contributed by atoms with E-state index in [1.807, 2.05) is 42.7 Å². The quantitative estimate of drug-likeness (QED) is 0.191. The van der Waals surface area contributed by atoms with Crippen molar-refractivity contribution in [3.63, 3.8) is 0 Å². The zero-order valence-corrected chi connectivity index (χ0v) is 23.5. The van der Waals surface area contributed by atoms with Crippen LogP contribution in [0.25, 0.3) is 5.69 Å². The molecule has 38 heavy (non-hydrogen) atoms. The van der Waals surface area contributed by atoms with Gasteiger partial charge in [0.15, 0.2) is 0 Å². The van der Waals surface area contributed by atoms with Crippen molar-refractivity contribution >= 4 is 62.6 Å². The standard InChI is InChI=1S/C27H23Cl3N4O3S/c1-18-13-20(19(2)34(18)25-8-4-6-23(30)15-25)16-31-32-27(35)17-33(24-7-3-5-22(29)14-24)38(36,37)26-11-9-21(28)10-12-26/h3-16H,17H2,1-2H3,(H,32,35)/b31-16-. The van der Waals surface area contributed by atoms with Crippen molar-refractivity contribution in [3.8, 4) is 5.69 Å². The maximum atomic E-state index is 13.4. The molecule has 196 valence electrons. The van der Waals surface area contributed by atoms with Crippen LogP contribution in [0.15, 0.2) is 88.9 Å². The molecule has 4 aromatic rings. The summed E-state index contributed by atoms with van der Waals surface area (Å²) in [5, 5.41) is 5.41. The number of nitrogens with one attached hydrogen (secondary N) is 1. The highest BCUT2D eigenvalue weighted by molar-refractivity contribution is 7.92. The third kappa shape index (κ3) is 6.22. The van der Waals surface area contributed by atoms with Gasteiger partial charge in [0.2, 0.25) is 0 Å². The number of hydrogen-bond acceptors (Lipinski definition) is 4. The van der Waals surface area contributed by atoms with Crippen LogP contribution in [-0.2, 0) is 14.8 Å². The molecular weight excluding hydrogens is 567 g/mol. The smallest absolute Gasteiger partial charge is 0.264 e. The van der Waals surface area contributed by atoms with Gasteiger partial charge in [-0.1, -0.05) is 46.9 Å². The van der Waals surface area contributed by atoms with Gasteiger partial charge in [-0.15, -0.1) is 0 Å². The maximum Gasteiger partial charge on any atom is 0.264 e. The highest BCUT2D eigenvalue weighted by atomic mass is 35.5. The molecule has 0 aliphatic heterocycles. The molecule has 0 unspecified atom stereocenters. The molecule has 1 aromatic heterocycles. The normalized spacial score (nSPS) is 11.6. The van der Waals surface area contributed by atoms with E-state index < -0.39 is 22.5 Å². The molecule has 0 aliphatic carbocycles. The largest absolute Gasteiger partial charge is 0.318 e. The van der Waals surface area contributed by atoms with Crippen LogP contribution in [0.4, 0.5) is 5.69 Å². The molecule has 0 saturated heterocycles. The van der Waals surface area contributed by atoms with Crippen molar-refractivity contribution in [2.24, 2.45) is 5.10 Å². The molecule has 1 N–H and O–H groups in total. The van der Waals surface area contributed by atoms with E-state index in [1.165, 1.54) is 36.5 Å². The van der Waals surface area contributed by atoms with Gasteiger partial charge < -0.3 is 4.57 Å². The average Bonchev–Trinajstić information content (AvgIpc) is 3.15. The van der Waals surface area contributed by atoms with Crippen molar-refractivity contribution < 1.29 is 13.2 Å². The van der Waals surface area contributed by atoms with Crippen molar-refractivity contribution in [2.75, 3.05) is 10.8 Å². The Hall–Kier alpha value is -3.30. The monoisotopic (exact) mass is 588 g/mol. The summed E-state index contributed by atoms with van der Waals surface area (Å²) < 4.78 is 29.9. The first-order valence-electron chi connectivity index (χ1n) is 11.4. The molecule has 0 bridgehead atoms. The summed E-state index contributed by atoms with van der Waals surface area (Å²) in [4.78, 5) is 12.8. The number of anilines is 1. The van der Waals surface area contributed by atoms with Crippen LogP contribution in [0.2, 0.25) is 15.1 Å². The van der Waals surface area contributed by atoms with E-state index in [9.17, 15) is 13.2 Å². The first kappa shape index (κ1) is 27.7. The van der Waals surface area contributed by atoms with Crippen LogP contribution in [0.3, 0.4) is 0 Å². The first-order valence-corrected chi connectivity index (χ1v) is 13.9. The predicted octanol–water partition coefficient (Wildman–Crippen LogP) is 6.40. The van der Waals surface area contributed by atoms with Gasteiger partial charge in [-0.2, -0.15) is 5.10 Å². The second kappa shape index (κ2) is 11.6. The average molecular weight is 590 g/mol. The number of amides is 1. The number of rotatable bonds is 8. The van der Waals surface area contributed by atoms with E-state index in [2.05, 4.69) is 10.5 Å². The molecule has 0 spiro atoms. The highest BCUT2D eigenvalue weighted by Crippen LogP contribution is 2.27. The Morgan fingerprint density at radius 1 is 0.921 bits per heavy atom. The lowest BCUT2D eigenvalue weighted by Gasteiger charge is -2.23. The second-order valence-electron chi connectivity index (χ2n) is 8.38. The summed E-state index contributed by atoms with van der Waals surface area (Å²) in [6, 6.07) is 21.3. The van der Waals surface area contributed by atoms with Gasteiger partial charge in [-0.25, -0.2) is 13.8 Å². The molecule has 1 heterocycles. The maximum absolute atomic E-state index is 13.4. The summed E-state index contributed by atoms with van der Waals surface area (Å²) in [5.74, 6) is -0.637. The molecule has 0 aliphatic rings. The Morgan fingerprint density at radius 3 is 2.24 bits per heavy atom.